The Kier molecular flexibility index (Phi) is 4.02. The van der Waals surface area contributed by atoms with Crippen LogP contribution in [-0.4, -0.2) is 25.5 Å². The van der Waals surface area contributed by atoms with Gasteiger partial charge >= 0.3 is 5.69 Å². The number of hydrogen-bond acceptors (Lipinski definition) is 5. The van der Waals surface area contributed by atoms with E-state index in [1.54, 1.807) is 18.2 Å². The van der Waals surface area contributed by atoms with Crippen LogP contribution in [-0.2, 0) is 0 Å². The molecular formula is C19H18N4O4. The van der Waals surface area contributed by atoms with Crippen molar-refractivity contribution >= 4 is 22.6 Å². The predicted octanol–water partition coefficient (Wildman–Crippen LogP) is 3.53. The molecule has 0 unspecified atom stereocenters. The summed E-state index contributed by atoms with van der Waals surface area (Å²) in [6, 6.07) is 9.61. The summed E-state index contributed by atoms with van der Waals surface area (Å²) in [4.78, 5) is 26.7. The summed E-state index contributed by atoms with van der Waals surface area (Å²) in [6.45, 7) is 0. The van der Waals surface area contributed by atoms with E-state index in [4.69, 9.17) is 5.73 Å². The summed E-state index contributed by atoms with van der Waals surface area (Å²) >= 11 is 0. The van der Waals surface area contributed by atoms with E-state index in [1.165, 1.54) is 12.1 Å². The van der Waals surface area contributed by atoms with E-state index in [2.05, 4.69) is 9.55 Å². The lowest BCUT2D eigenvalue weighted by Crippen LogP contribution is -2.10. The average molecular weight is 366 g/mol. The number of aromatic hydroxyl groups is 1. The van der Waals surface area contributed by atoms with E-state index in [0.29, 0.717) is 22.5 Å². The van der Waals surface area contributed by atoms with Crippen LogP contribution < -0.4 is 5.73 Å². The number of primary amides is 1. The lowest BCUT2D eigenvalue weighted by molar-refractivity contribution is -0.385. The van der Waals surface area contributed by atoms with Crippen LogP contribution in [0.2, 0.25) is 0 Å². The monoisotopic (exact) mass is 366 g/mol. The molecule has 0 aliphatic heterocycles. The number of imidazole rings is 1. The molecule has 1 heterocycles. The number of phenolic OH excluding ortho intramolecular Hbond substituents is 1. The predicted molar refractivity (Wildman–Crippen MR) is 99.5 cm³/mol. The van der Waals surface area contributed by atoms with Crippen molar-refractivity contribution in [3.05, 3.63) is 52.1 Å². The van der Waals surface area contributed by atoms with Crippen LogP contribution in [0.1, 0.15) is 42.1 Å². The molecule has 138 valence electrons. The van der Waals surface area contributed by atoms with Crippen LogP contribution in [0, 0.1) is 10.1 Å². The Morgan fingerprint density at radius 2 is 1.96 bits per heavy atom. The maximum absolute atomic E-state index is 11.5. The minimum Gasteiger partial charge on any atom is -0.502 e. The van der Waals surface area contributed by atoms with Gasteiger partial charge in [0.2, 0.25) is 5.91 Å². The maximum atomic E-state index is 11.5. The van der Waals surface area contributed by atoms with E-state index >= 15 is 0 Å². The minimum atomic E-state index is -0.618. The standard InChI is InChI=1S/C19H18N4O4/c20-18(25)11-5-7-15-14(9-11)21-19(22(15)13-3-1-2-4-13)12-6-8-17(24)16(10-12)23(26)27/h5-10,13,24H,1-4H2,(H2,20,25). The summed E-state index contributed by atoms with van der Waals surface area (Å²) < 4.78 is 2.09. The van der Waals surface area contributed by atoms with E-state index in [1.807, 2.05) is 6.07 Å². The third kappa shape index (κ3) is 2.88. The largest absolute Gasteiger partial charge is 0.502 e. The van der Waals surface area contributed by atoms with Crippen molar-refractivity contribution in [1.82, 2.24) is 9.55 Å². The van der Waals surface area contributed by atoms with E-state index in [9.17, 15) is 20.0 Å². The van der Waals surface area contributed by atoms with Crippen molar-refractivity contribution in [3.63, 3.8) is 0 Å². The molecule has 8 nitrogen and oxygen atoms in total. The van der Waals surface area contributed by atoms with Gasteiger partial charge in [0.15, 0.2) is 5.75 Å². The molecule has 0 radical (unpaired) electrons. The van der Waals surface area contributed by atoms with Crippen molar-refractivity contribution < 1.29 is 14.8 Å². The molecule has 3 aromatic rings. The van der Waals surface area contributed by atoms with Crippen LogP contribution in [0.5, 0.6) is 5.75 Å². The molecule has 1 saturated carbocycles. The van der Waals surface area contributed by atoms with Crippen molar-refractivity contribution in [1.29, 1.82) is 0 Å². The minimum absolute atomic E-state index is 0.234. The highest BCUT2D eigenvalue weighted by Gasteiger charge is 2.25. The molecule has 1 fully saturated rings. The molecule has 0 atom stereocenters. The number of aromatic nitrogens is 2. The number of carbonyl (C=O) groups excluding carboxylic acids is 1. The summed E-state index contributed by atoms with van der Waals surface area (Å²) in [6.07, 6.45) is 4.21. The number of carbonyl (C=O) groups is 1. The fraction of sp³-hybridized carbons (Fsp3) is 0.263. The van der Waals surface area contributed by atoms with Gasteiger partial charge in [-0.05, 0) is 43.2 Å². The zero-order valence-corrected chi connectivity index (χ0v) is 14.5. The van der Waals surface area contributed by atoms with E-state index in [-0.39, 0.29) is 17.5 Å². The molecule has 2 aromatic carbocycles. The Labute approximate surface area is 154 Å². The number of nitro benzene ring substituents is 1. The van der Waals surface area contributed by atoms with Gasteiger partial charge in [-0.3, -0.25) is 14.9 Å². The quantitative estimate of drug-likeness (QED) is 0.540. The van der Waals surface area contributed by atoms with Gasteiger partial charge in [0.1, 0.15) is 5.82 Å². The fourth-order valence-electron chi connectivity index (χ4n) is 3.80. The number of nitrogens with zero attached hydrogens (tertiary/aromatic N) is 3. The fourth-order valence-corrected chi connectivity index (χ4v) is 3.80. The van der Waals surface area contributed by atoms with Crippen LogP contribution >= 0.6 is 0 Å². The first-order valence-corrected chi connectivity index (χ1v) is 8.75. The molecule has 1 amide bonds. The first kappa shape index (κ1) is 17.0. The molecule has 0 saturated heterocycles. The molecule has 1 aliphatic carbocycles. The molecule has 8 heteroatoms. The molecular weight excluding hydrogens is 348 g/mol. The average Bonchev–Trinajstić information content (AvgIpc) is 3.28. The van der Waals surface area contributed by atoms with E-state index < -0.39 is 10.8 Å². The van der Waals surface area contributed by atoms with Gasteiger partial charge in [0, 0.05) is 23.2 Å². The highest BCUT2D eigenvalue weighted by molar-refractivity contribution is 5.96. The molecule has 27 heavy (non-hydrogen) atoms. The lowest BCUT2D eigenvalue weighted by Gasteiger charge is -2.16. The zero-order valence-electron chi connectivity index (χ0n) is 14.5. The van der Waals surface area contributed by atoms with Gasteiger partial charge < -0.3 is 15.4 Å². The Bertz CT molecular complexity index is 1070. The van der Waals surface area contributed by atoms with Gasteiger partial charge in [-0.2, -0.15) is 0 Å². The van der Waals surface area contributed by atoms with Crippen LogP contribution in [0.15, 0.2) is 36.4 Å². The molecule has 4 rings (SSSR count). The van der Waals surface area contributed by atoms with Crippen LogP contribution in [0.25, 0.3) is 22.4 Å². The number of hydrogen-bond donors (Lipinski definition) is 2. The second kappa shape index (κ2) is 6.39. The van der Waals surface area contributed by atoms with Gasteiger partial charge in [-0.15, -0.1) is 0 Å². The summed E-state index contributed by atoms with van der Waals surface area (Å²) in [5.74, 6) is -0.334. The van der Waals surface area contributed by atoms with Crippen LogP contribution in [0.4, 0.5) is 5.69 Å². The summed E-state index contributed by atoms with van der Waals surface area (Å²) in [7, 11) is 0. The molecule has 0 spiro atoms. The Morgan fingerprint density at radius 3 is 2.63 bits per heavy atom. The Balaban J connectivity index is 1.96. The Hall–Kier alpha value is -3.42. The first-order chi connectivity index (χ1) is 13.0. The second-order valence-corrected chi connectivity index (χ2v) is 6.77. The molecule has 1 aliphatic rings. The van der Waals surface area contributed by atoms with Gasteiger partial charge in [-0.1, -0.05) is 12.8 Å². The van der Waals surface area contributed by atoms with Gasteiger partial charge in [0.25, 0.3) is 0 Å². The summed E-state index contributed by atoms with van der Waals surface area (Å²) in [5.41, 5.74) is 7.39. The van der Waals surface area contributed by atoms with Crippen LogP contribution in [0.3, 0.4) is 0 Å². The topological polar surface area (TPSA) is 124 Å². The number of benzene rings is 2. The third-order valence-electron chi connectivity index (χ3n) is 5.09. The van der Waals surface area contributed by atoms with Crippen molar-refractivity contribution in [2.24, 2.45) is 5.73 Å². The maximum Gasteiger partial charge on any atom is 0.311 e. The van der Waals surface area contributed by atoms with Crippen molar-refractivity contribution in [2.45, 2.75) is 31.7 Å². The lowest BCUT2D eigenvalue weighted by atomic mass is 10.1. The highest BCUT2D eigenvalue weighted by atomic mass is 16.6. The first-order valence-electron chi connectivity index (χ1n) is 8.75. The molecule has 3 N–H and O–H groups in total. The van der Waals surface area contributed by atoms with E-state index in [0.717, 1.165) is 31.2 Å². The Morgan fingerprint density at radius 1 is 1.22 bits per heavy atom. The number of nitro groups is 1. The molecule has 0 bridgehead atoms. The number of nitrogens with two attached hydrogens (primary N) is 1. The van der Waals surface area contributed by atoms with Gasteiger partial charge in [-0.25, -0.2) is 4.98 Å². The number of rotatable bonds is 4. The van der Waals surface area contributed by atoms with Crippen molar-refractivity contribution in [3.8, 4) is 17.1 Å². The third-order valence-corrected chi connectivity index (χ3v) is 5.09. The van der Waals surface area contributed by atoms with Gasteiger partial charge in [0.05, 0.1) is 16.0 Å². The normalized spacial score (nSPS) is 14.7. The van der Waals surface area contributed by atoms with Crippen molar-refractivity contribution in [2.75, 3.05) is 0 Å². The number of amides is 1. The molecule has 1 aromatic heterocycles. The second-order valence-electron chi connectivity index (χ2n) is 6.77. The summed E-state index contributed by atoms with van der Waals surface area (Å²) in [5, 5.41) is 21.0. The zero-order chi connectivity index (χ0) is 19.1. The SMILES string of the molecule is NC(=O)c1ccc2c(c1)nc(-c1ccc(O)c([N+](=O)[O-])c1)n2C1CCCC1. The number of fused-ring (bicyclic) bond motifs is 1. The highest BCUT2D eigenvalue weighted by Crippen LogP contribution is 2.38. The smallest absolute Gasteiger partial charge is 0.311 e. The number of phenols is 1.